The summed E-state index contributed by atoms with van der Waals surface area (Å²) in [6.45, 7) is 3.85. The van der Waals surface area contributed by atoms with Crippen LogP contribution in [0.1, 0.15) is 12.8 Å². The third-order valence-corrected chi connectivity index (χ3v) is 2.48. The summed E-state index contributed by atoms with van der Waals surface area (Å²) >= 11 is 0. The van der Waals surface area contributed by atoms with Crippen LogP contribution in [-0.4, -0.2) is 18.1 Å². The number of nitrogens with zero attached hydrogens (tertiary/aromatic N) is 2. The quantitative estimate of drug-likeness (QED) is 0.787. The van der Waals surface area contributed by atoms with Gasteiger partial charge < -0.3 is 10.2 Å². The van der Waals surface area contributed by atoms with E-state index >= 15 is 0 Å². The van der Waals surface area contributed by atoms with Gasteiger partial charge in [-0.05, 0) is 25.1 Å². The van der Waals surface area contributed by atoms with Crippen molar-refractivity contribution < 1.29 is 0 Å². The second-order valence-corrected chi connectivity index (χ2v) is 3.46. The normalized spacial score (nSPS) is 14.9. The third-order valence-electron chi connectivity index (χ3n) is 2.48. The van der Waals surface area contributed by atoms with Crippen LogP contribution in [0.2, 0.25) is 0 Å². The molecule has 0 saturated heterocycles. The van der Waals surface area contributed by atoms with Crippen LogP contribution in [0, 0.1) is 0 Å². The smallest absolute Gasteiger partial charge is 0.0765 e. The summed E-state index contributed by atoms with van der Waals surface area (Å²) in [6.07, 6.45) is 8.08. The van der Waals surface area contributed by atoms with Gasteiger partial charge in [-0.1, -0.05) is 6.58 Å². The van der Waals surface area contributed by atoms with Crippen LogP contribution >= 0.6 is 0 Å². The second-order valence-electron chi connectivity index (χ2n) is 3.46. The molecule has 1 fully saturated rings. The number of nitrogens with one attached hydrogen (secondary N) is 1. The van der Waals surface area contributed by atoms with E-state index in [0.717, 1.165) is 5.69 Å². The first kappa shape index (κ1) is 9.06. The van der Waals surface area contributed by atoms with Gasteiger partial charge in [-0.15, -0.1) is 0 Å². The molecule has 0 atom stereocenters. The van der Waals surface area contributed by atoms with Crippen LogP contribution in [0.25, 0.3) is 0 Å². The molecule has 0 unspecified atom stereocenters. The van der Waals surface area contributed by atoms with Crippen molar-refractivity contribution in [2.45, 2.75) is 18.9 Å². The molecule has 1 saturated carbocycles. The van der Waals surface area contributed by atoms with Gasteiger partial charge in [0.1, 0.15) is 0 Å². The molecule has 74 valence electrons. The maximum atomic E-state index is 4.09. The molecule has 3 heteroatoms. The highest BCUT2D eigenvalue weighted by Crippen LogP contribution is 2.35. The Morgan fingerprint density at radius 1 is 1.64 bits per heavy atom. The Balaban J connectivity index is 2.32. The number of anilines is 2. The summed E-state index contributed by atoms with van der Waals surface area (Å²) in [7, 11) is 1.91. The van der Waals surface area contributed by atoms with E-state index in [1.807, 2.05) is 31.7 Å². The molecule has 1 N–H and O–H groups in total. The SMILES string of the molecule is C=CN(c1ccncc1NC)C1CC1. The fourth-order valence-electron chi connectivity index (χ4n) is 1.60. The third kappa shape index (κ3) is 1.58. The van der Waals surface area contributed by atoms with E-state index in [0.29, 0.717) is 6.04 Å². The zero-order chi connectivity index (χ0) is 9.97. The highest BCUT2D eigenvalue weighted by Gasteiger charge is 2.28. The Bertz CT molecular complexity index is 331. The van der Waals surface area contributed by atoms with Gasteiger partial charge in [0.25, 0.3) is 0 Å². The Labute approximate surface area is 84.5 Å². The molecule has 1 aliphatic rings. The summed E-state index contributed by atoms with van der Waals surface area (Å²) in [4.78, 5) is 6.30. The number of pyridine rings is 1. The molecule has 1 heterocycles. The molecule has 0 radical (unpaired) electrons. The summed E-state index contributed by atoms with van der Waals surface area (Å²) in [5.41, 5.74) is 2.22. The molecule has 1 aromatic rings. The van der Waals surface area contributed by atoms with Gasteiger partial charge in [-0.2, -0.15) is 0 Å². The van der Waals surface area contributed by atoms with Gasteiger partial charge in [0.2, 0.25) is 0 Å². The minimum Gasteiger partial charge on any atom is -0.385 e. The molecule has 2 rings (SSSR count). The Hall–Kier alpha value is -1.51. The molecule has 0 aliphatic heterocycles. The lowest BCUT2D eigenvalue weighted by molar-refractivity contribution is 0.962. The van der Waals surface area contributed by atoms with Crippen molar-refractivity contribution in [2.75, 3.05) is 17.3 Å². The van der Waals surface area contributed by atoms with E-state index in [2.05, 4.69) is 21.8 Å². The van der Waals surface area contributed by atoms with E-state index in [1.165, 1.54) is 18.5 Å². The first-order valence-corrected chi connectivity index (χ1v) is 4.89. The van der Waals surface area contributed by atoms with Crippen LogP contribution in [0.4, 0.5) is 11.4 Å². The van der Waals surface area contributed by atoms with Crippen molar-refractivity contribution in [2.24, 2.45) is 0 Å². The molecule has 0 bridgehead atoms. The average molecular weight is 189 g/mol. The standard InChI is InChI=1S/C11H15N3/c1-3-14(9-4-5-9)11-6-7-13-8-10(11)12-2/h3,6-9,12H,1,4-5H2,2H3. The van der Waals surface area contributed by atoms with E-state index in [9.17, 15) is 0 Å². The first-order valence-electron chi connectivity index (χ1n) is 4.89. The van der Waals surface area contributed by atoms with Crippen molar-refractivity contribution in [3.63, 3.8) is 0 Å². The summed E-state index contributed by atoms with van der Waals surface area (Å²) < 4.78 is 0. The van der Waals surface area contributed by atoms with Gasteiger partial charge in [-0.25, -0.2) is 0 Å². The monoisotopic (exact) mass is 189 g/mol. The van der Waals surface area contributed by atoms with Crippen LogP contribution in [0.15, 0.2) is 31.2 Å². The molecule has 0 amide bonds. The van der Waals surface area contributed by atoms with Crippen molar-refractivity contribution in [1.29, 1.82) is 0 Å². The van der Waals surface area contributed by atoms with Crippen molar-refractivity contribution in [3.05, 3.63) is 31.2 Å². The number of hydrogen-bond donors (Lipinski definition) is 1. The second kappa shape index (κ2) is 3.70. The molecular formula is C11H15N3. The van der Waals surface area contributed by atoms with Gasteiger partial charge in [0.15, 0.2) is 0 Å². The molecule has 14 heavy (non-hydrogen) atoms. The lowest BCUT2D eigenvalue weighted by Crippen LogP contribution is -2.19. The van der Waals surface area contributed by atoms with E-state index in [4.69, 9.17) is 0 Å². The maximum absolute atomic E-state index is 4.09. The van der Waals surface area contributed by atoms with Crippen LogP contribution in [-0.2, 0) is 0 Å². The Kier molecular flexibility index (Phi) is 2.39. The fraction of sp³-hybridized carbons (Fsp3) is 0.364. The molecule has 0 spiro atoms. The zero-order valence-corrected chi connectivity index (χ0v) is 8.40. The van der Waals surface area contributed by atoms with E-state index in [1.54, 1.807) is 0 Å². The Morgan fingerprint density at radius 3 is 3.00 bits per heavy atom. The fourth-order valence-corrected chi connectivity index (χ4v) is 1.60. The van der Waals surface area contributed by atoms with Crippen LogP contribution in [0.5, 0.6) is 0 Å². The number of aromatic nitrogens is 1. The van der Waals surface area contributed by atoms with Gasteiger partial charge in [-0.3, -0.25) is 4.98 Å². The van der Waals surface area contributed by atoms with Crippen molar-refractivity contribution >= 4 is 11.4 Å². The van der Waals surface area contributed by atoms with Gasteiger partial charge in [0.05, 0.1) is 17.6 Å². The molecule has 1 aromatic heterocycles. The predicted octanol–water partition coefficient (Wildman–Crippen LogP) is 2.24. The van der Waals surface area contributed by atoms with E-state index in [-0.39, 0.29) is 0 Å². The van der Waals surface area contributed by atoms with Gasteiger partial charge >= 0.3 is 0 Å². The van der Waals surface area contributed by atoms with Crippen LogP contribution in [0.3, 0.4) is 0 Å². The molecular weight excluding hydrogens is 174 g/mol. The van der Waals surface area contributed by atoms with Gasteiger partial charge in [0, 0.05) is 19.3 Å². The average Bonchev–Trinajstić information content (AvgIpc) is 3.04. The highest BCUT2D eigenvalue weighted by molar-refractivity contribution is 5.70. The Morgan fingerprint density at radius 2 is 2.43 bits per heavy atom. The lowest BCUT2D eigenvalue weighted by atomic mass is 10.3. The summed E-state index contributed by atoms with van der Waals surface area (Å²) in [5.74, 6) is 0. The summed E-state index contributed by atoms with van der Waals surface area (Å²) in [5, 5.41) is 3.14. The highest BCUT2D eigenvalue weighted by atomic mass is 15.2. The lowest BCUT2D eigenvalue weighted by Gasteiger charge is -2.22. The minimum atomic E-state index is 0.641. The number of hydrogen-bond acceptors (Lipinski definition) is 3. The largest absolute Gasteiger partial charge is 0.385 e. The van der Waals surface area contributed by atoms with Crippen LogP contribution < -0.4 is 10.2 Å². The number of rotatable bonds is 4. The first-order chi connectivity index (χ1) is 6.86. The molecule has 3 nitrogen and oxygen atoms in total. The van der Waals surface area contributed by atoms with E-state index < -0.39 is 0 Å². The minimum absolute atomic E-state index is 0.641. The zero-order valence-electron chi connectivity index (χ0n) is 8.40. The van der Waals surface area contributed by atoms with Crippen molar-refractivity contribution in [1.82, 2.24) is 4.98 Å². The predicted molar refractivity (Wildman–Crippen MR) is 59.5 cm³/mol. The maximum Gasteiger partial charge on any atom is 0.0765 e. The summed E-state index contributed by atoms with van der Waals surface area (Å²) in [6, 6.07) is 2.66. The van der Waals surface area contributed by atoms with Crippen molar-refractivity contribution in [3.8, 4) is 0 Å². The molecule has 1 aliphatic carbocycles. The molecule has 0 aromatic carbocycles. The topological polar surface area (TPSA) is 28.2 Å².